The number of rotatable bonds is 9. The zero-order valence-electron chi connectivity index (χ0n) is 22.1. The molecule has 0 fully saturated rings. The maximum Gasteiger partial charge on any atom is 0.268 e. The van der Waals surface area contributed by atoms with Crippen molar-refractivity contribution in [3.8, 4) is 23.1 Å². The van der Waals surface area contributed by atoms with E-state index in [0.29, 0.717) is 41.5 Å². The van der Waals surface area contributed by atoms with Gasteiger partial charge in [-0.1, -0.05) is 0 Å². The largest absolute Gasteiger partial charge is 0.475 e. The molecule has 0 radical (unpaired) electrons. The first-order chi connectivity index (χ1) is 19.8. The molecule has 0 atom stereocenters. The van der Waals surface area contributed by atoms with Crippen LogP contribution in [0, 0.1) is 18.6 Å². The van der Waals surface area contributed by atoms with Gasteiger partial charge in [-0.2, -0.15) is 0 Å². The average molecular weight is 559 g/mol. The summed E-state index contributed by atoms with van der Waals surface area (Å²) in [7, 11) is 1.56. The van der Waals surface area contributed by atoms with Gasteiger partial charge in [-0.05, 0) is 61.5 Å². The highest BCUT2D eigenvalue weighted by atomic mass is 19.1. The zero-order valence-corrected chi connectivity index (χ0v) is 22.1. The first-order valence-electron chi connectivity index (χ1n) is 12.5. The minimum absolute atomic E-state index is 0.111. The number of carbonyl (C=O) groups is 1. The van der Waals surface area contributed by atoms with Crippen LogP contribution in [0.5, 0.6) is 17.4 Å². The predicted molar refractivity (Wildman–Crippen MR) is 148 cm³/mol. The Hall–Kier alpha value is -5.16. The van der Waals surface area contributed by atoms with Crippen LogP contribution in [0.2, 0.25) is 0 Å². The lowest BCUT2D eigenvalue weighted by atomic mass is 10.2. The molecule has 1 N–H and O–H groups in total. The molecule has 0 spiro atoms. The lowest BCUT2D eigenvalue weighted by molar-refractivity contribution is 0.102. The van der Waals surface area contributed by atoms with Gasteiger partial charge >= 0.3 is 0 Å². The highest BCUT2D eigenvalue weighted by Crippen LogP contribution is 2.31. The number of benzene rings is 2. The van der Waals surface area contributed by atoms with Gasteiger partial charge in [0.2, 0.25) is 5.88 Å². The number of hydrogen-bond donors (Lipinski definition) is 1. The summed E-state index contributed by atoms with van der Waals surface area (Å²) in [6.07, 6.45) is 1.51. The van der Waals surface area contributed by atoms with E-state index in [2.05, 4.69) is 15.3 Å². The number of halogens is 2. The molecule has 11 heteroatoms. The summed E-state index contributed by atoms with van der Waals surface area (Å²) in [5.74, 6) is -1.47. The molecule has 5 rings (SSSR count). The minimum Gasteiger partial charge on any atom is -0.475 e. The van der Waals surface area contributed by atoms with Crippen LogP contribution in [0.3, 0.4) is 0 Å². The maximum atomic E-state index is 15.1. The quantitative estimate of drug-likeness (QED) is 0.240. The molecule has 0 saturated carbocycles. The molecular formula is C30H24F2N4O5. The Kier molecular flexibility index (Phi) is 7.97. The van der Waals surface area contributed by atoms with Crippen molar-refractivity contribution in [2.45, 2.75) is 6.92 Å². The Balaban J connectivity index is 1.36. The van der Waals surface area contributed by atoms with Crippen molar-refractivity contribution in [1.82, 2.24) is 14.5 Å². The van der Waals surface area contributed by atoms with Crippen LogP contribution >= 0.6 is 0 Å². The number of aromatic nitrogens is 3. The summed E-state index contributed by atoms with van der Waals surface area (Å²) in [6.45, 7) is 2.38. The average Bonchev–Trinajstić information content (AvgIpc) is 2.96. The highest BCUT2D eigenvalue weighted by Gasteiger charge is 2.17. The molecule has 0 aliphatic carbocycles. The van der Waals surface area contributed by atoms with E-state index in [-0.39, 0.29) is 22.7 Å². The molecule has 0 unspecified atom stereocenters. The Morgan fingerprint density at radius 3 is 2.51 bits per heavy atom. The second kappa shape index (κ2) is 11.9. The Labute approximate surface area is 233 Å². The summed E-state index contributed by atoms with van der Waals surface area (Å²) < 4.78 is 46.1. The molecule has 5 aromatic rings. The van der Waals surface area contributed by atoms with Crippen molar-refractivity contribution in [3.63, 3.8) is 0 Å². The van der Waals surface area contributed by atoms with Crippen LogP contribution in [-0.2, 0) is 4.74 Å². The van der Waals surface area contributed by atoms with Gasteiger partial charge in [-0.25, -0.2) is 13.8 Å². The van der Waals surface area contributed by atoms with Crippen LogP contribution in [-0.4, -0.2) is 40.8 Å². The topological polar surface area (TPSA) is 105 Å². The predicted octanol–water partition coefficient (Wildman–Crippen LogP) is 5.44. The van der Waals surface area contributed by atoms with Crippen molar-refractivity contribution in [2.75, 3.05) is 25.6 Å². The van der Waals surface area contributed by atoms with E-state index in [1.807, 2.05) is 0 Å². The molecule has 0 bridgehead atoms. The van der Waals surface area contributed by atoms with E-state index in [0.717, 1.165) is 6.07 Å². The van der Waals surface area contributed by atoms with Crippen molar-refractivity contribution in [3.05, 3.63) is 112 Å². The molecule has 0 aliphatic rings. The minimum atomic E-state index is -0.757. The number of pyridine rings is 3. The number of anilines is 1. The normalized spacial score (nSPS) is 10.9. The van der Waals surface area contributed by atoms with Crippen LogP contribution in [0.15, 0.2) is 83.8 Å². The smallest absolute Gasteiger partial charge is 0.268 e. The van der Waals surface area contributed by atoms with Crippen molar-refractivity contribution < 1.29 is 27.8 Å². The summed E-state index contributed by atoms with van der Waals surface area (Å²) >= 11 is 0. The molecular weight excluding hydrogens is 534 g/mol. The first kappa shape index (κ1) is 27.4. The van der Waals surface area contributed by atoms with Gasteiger partial charge in [0.25, 0.3) is 11.5 Å². The molecule has 1 amide bonds. The second-order valence-corrected chi connectivity index (χ2v) is 8.87. The molecule has 9 nitrogen and oxygen atoms in total. The van der Waals surface area contributed by atoms with Crippen molar-refractivity contribution in [1.29, 1.82) is 0 Å². The molecule has 208 valence electrons. The number of methoxy groups -OCH3 is 1. The van der Waals surface area contributed by atoms with Crippen LogP contribution in [0.25, 0.3) is 16.7 Å². The molecule has 3 aromatic heterocycles. The zero-order chi connectivity index (χ0) is 28.9. The van der Waals surface area contributed by atoms with Crippen molar-refractivity contribution >= 4 is 22.6 Å². The van der Waals surface area contributed by atoms with Gasteiger partial charge in [0.1, 0.15) is 23.5 Å². The van der Waals surface area contributed by atoms with E-state index < -0.39 is 23.1 Å². The standard InChI is InChI=1S/C30H24F2N4O5/c1-18-3-9-22(30(38)36(18)21-7-4-19(31)5-8-21)29(37)34-20-6-11-25(23(32)17-20)41-26-13-14-33-24-10-12-27(35-28(24)26)40-16-15-39-2/h3-14,17H,15-16H2,1-2H3,(H,34,37). The second-order valence-electron chi connectivity index (χ2n) is 8.87. The van der Waals surface area contributed by atoms with Crippen LogP contribution in [0.1, 0.15) is 16.1 Å². The van der Waals surface area contributed by atoms with E-state index in [1.54, 1.807) is 38.3 Å². The maximum absolute atomic E-state index is 15.1. The highest BCUT2D eigenvalue weighted by molar-refractivity contribution is 6.04. The fraction of sp³-hybridized carbons (Fsp3) is 0.133. The Bertz CT molecular complexity index is 1790. The third kappa shape index (κ3) is 6.04. The summed E-state index contributed by atoms with van der Waals surface area (Å²) in [5.41, 5.74) is 1.20. The van der Waals surface area contributed by atoms with E-state index in [1.165, 1.54) is 53.2 Å². The number of aryl methyl sites for hydroxylation is 1. The molecule has 0 saturated heterocycles. The SMILES string of the molecule is COCCOc1ccc2nccc(Oc3ccc(NC(=O)c4ccc(C)n(-c5ccc(F)cc5)c4=O)cc3F)c2n1. The number of carbonyl (C=O) groups excluding carboxylic acids is 1. The third-order valence-electron chi connectivity index (χ3n) is 6.08. The van der Waals surface area contributed by atoms with Gasteiger partial charge in [0.05, 0.1) is 12.1 Å². The number of fused-ring (bicyclic) bond motifs is 1. The summed E-state index contributed by atoms with van der Waals surface area (Å²) in [6, 6.07) is 17.1. The van der Waals surface area contributed by atoms with Crippen LogP contribution in [0.4, 0.5) is 14.5 Å². The monoisotopic (exact) mass is 558 g/mol. The number of nitrogens with zero attached hydrogens (tertiary/aromatic N) is 3. The number of hydrogen-bond acceptors (Lipinski definition) is 7. The van der Waals surface area contributed by atoms with Gasteiger partial charge in [0, 0.05) is 48.6 Å². The molecule has 3 heterocycles. The first-order valence-corrected chi connectivity index (χ1v) is 12.5. The summed E-state index contributed by atoms with van der Waals surface area (Å²) in [5, 5.41) is 2.54. The van der Waals surface area contributed by atoms with E-state index in [4.69, 9.17) is 14.2 Å². The number of nitrogens with one attached hydrogen (secondary N) is 1. The fourth-order valence-electron chi connectivity index (χ4n) is 4.07. The molecule has 41 heavy (non-hydrogen) atoms. The number of amides is 1. The van der Waals surface area contributed by atoms with E-state index in [9.17, 15) is 14.0 Å². The summed E-state index contributed by atoms with van der Waals surface area (Å²) in [4.78, 5) is 34.8. The third-order valence-corrected chi connectivity index (χ3v) is 6.08. The lowest BCUT2D eigenvalue weighted by Gasteiger charge is -2.13. The molecule has 0 aliphatic heterocycles. The Morgan fingerprint density at radius 2 is 1.76 bits per heavy atom. The fourth-order valence-corrected chi connectivity index (χ4v) is 4.07. The van der Waals surface area contributed by atoms with E-state index >= 15 is 4.39 Å². The number of ether oxygens (including phenoxy) is 3. The lowest BCUT2D eigenvalue weighted by Crippen LogP contribution is -2.29. The Morgan fingerprint density at radius 1 is 0.951 bits per heavy atom. The van der Waals surface area contributed by atoms with Crippen molar-refractivity contribution in [2.24, 2.45) is 0 Å². The van der Waals surface area contributed by atoms with Gasteiger partial charge in [-0.15, -0.1) is 0 Å². The molecule has 2 aromatic carbocycles. The van der Waals surface area contributed by atoms with Gasteiger partial charge in [0.15, 0.2) is 17.3 Å². The van der Waals surface area contributed by atoms with Crippen LogP contribution < -0.4 is 20.3 Å². The van der Waals surface area contributed by atoms with Gasteiger partial charge < -0.3 is 19.5 Å². The van der Waals surface area contributed by atoms with Gasteiger partial charge in [-0.3, -0.25) is 19.1 Å².